The number of nitrogens with one attached hydrogen (secondary N) is 1. The van der Waals surface area contributed by atoms with Crippen LogP contribution in [0.25, 0.3) is 0 Å². The minimum Gasteiger partial charge on any atom is -0.493 e. The molecular weight excluding hydrogens is 430 g/mol. The van der Waals surface area contributed by atoms with Crippen LogP contribution in [-0.2, 0) is 9.84 Å². The Morgan fingerprint density at radius 2 is 1.80 bits per heavy atom. The fraction of sp³-hybridized carbons (Fsp3) is 0.250. The van der Waals surface area contributed by atoms with Gasteiger partial charge in [0.15, 0.2) is 21.3 Å². The van der Waals surface area contributed by atoms with E-state index in [-0.39, 0.29) is 22.1 Å². The van der Waals surface area contributed by atoms with Gasteiger partial charge in [0.25, 0.3) is 5.91 Å². The normalized spacial score (nSPS) is 12.2. The summed E-state index contributed by atoms with van der Waals surface area (Å²) >= 11 is 1.11. The molecule has 0 saturated heterocycles. The summed E-state index contributed by atoms with van der Waals surface area (Å²) in [6.45, 7) is -0.177. The van der Waals surface area contributed by atoms with Gasteiger partial charge in [0.05, 0.1) is 27.6 Å². The van der Waals surface area contributed by atoms with Crippen molar-refractivity contribution in [2.24, 2.45) is 0 Å². The van der Waals surface area contributed by atoms with Gasteiger partial charge in [-0.3, -0.25) is 4.79 Å². The van der Waals surface area contributed by atoms with Crippen LogP contribution >= 0.6 is 11.3 Å². The Labute approximate surface area is 178 Å². The maximum atomic E-state index is 13.1. The number of sulfone groups is 1. The number of methoxy groups -OCH3 is 3. The van der Waals surface area contributed by atoms with Gasteiger partial charge in [-0.1, -0.05) is 6.07 Å². The van der Waals surface area contributed by atoms with E-state index >= 15 is 0 Å². The second-order valence-corrected chi connectivity index (χ2v) is 9.41. The third-order valence-corrected chi connectivity index (χ3v) is 7.88. The second-order valence-electron chi connectivity index (χ2n) is 6.11. The molecule has 3 aromatic rings. The molecule has 1 N–H and O–H groups in total. The van der Waals surface area contributed by atoms with E-state index < -0.39 is 21.0 Å². The van der Waals surface area contributed by atoms with E-state index in [1.807, 2.05) is 0 Å². The molecule has 0 aliphatic carbocycles. The average molecular weight is 452 g/mol. The van der Waals surface area contributed by atoms with Crippen molar-refractivity contribution in [1.29, 1.82) is 0 Å². The zero-order valence-corrected chi connectivity index (χ0v) is 18.2. The van der Waals surface area contributed by atoms with Crippen LogP contribution in [-0.4, -0.2) is 42.2 Å². The van der Waals surface area contributed by atoms with Gasteiger partial charge in [0.1, 0.15) is 15.2 Å². The minimum atomic E-state index is -3.75. The highest BCUT2D eigenvalue weighted by Crippen LogP contribution is 2.38. The Hall–Kier alpha value is -2.98. The summed E-state index contributed by atoms with van der Waals surface area (Å²) in [4.78, 5) is 12.8. The highest BCUT2D eigenvalue weighted by atomic mass is 32.2. The predicted octanol–water partition coefficient (Wildman–Crippen LogP) is 3.31. The molecule has 8 nitrogen and oxygen atoms in total. The van der Waals surface area contributed by atoms with E-state index in [2.05, 4.69) is 5.32 Å². The van der Waals surface area contributed by atoms with Crippen LogP contribution in [0.2, 0.25) is 0 Å². The number of carbonyl (C=O) groups is 1. The molecule has 3 rings (SSSR count). The molecule has 0 saturated carbocycles. The van der Waals surface area contributed by atoms with Gasteiger partial charge < -0.3 is 23.9 Å². The van der Waals surface area contributed by atoms with Gasteiger partial charge in [-0.15, -0.1) is 11.3 Å². The molecule has 1 atom stereocenters. The standard InChI is InChI=1S/C20H21NO7S2/c1-25-15-10-13(11-16(26-2)19(15)27-3)20(22)21-12-17(14-6-4-8-28-14)30(23,24)18-7-5-9-29-18/h4-11,17H,12H2,1-3H3,(H,21,22)/t17-/m0/s1. The predicted molar refractivity (Wildman–Crippen MR) is 111 cm³/mol. The Kier molecular flexibility index (Phi) is 6.68. The Morgan fingerprint density at radius 3 is 2.30 bits per heavy atom. The van der Waals surface area contributed by atoms with E-state index in [0.29, 0.717) is 17.2 Å². The number of ether oxygens (including phenoxy) is 3. The maximum Gasteiger partial charge on any atom is 0.251 e. The lowest BCUT2D eigenvalue weighted by Gasteiger charge is -2.17. The van der Waals surface area contributed by atoms with Crippen molar-refractivity contribution in [2.75, 3.05) is 27.9 Å². The quantitative estimate of drug-likeness (QED) is 0.532. The van der Waals surface area contributed by atoms with Crippen molar-refractivity contribution in [1.82, 2.24) is 5.32 Å². The first-order chi connectivity index (χ1) is 14.4. The van der Waals surface area contributed by atoms with Crippen LogP contribution < -0.4 is 19.5 Å². The zero-order valence-electron chi connectivity index (χ0n) is 16.6. The number of carbonyl (C=O) groups excluding carboxylic acids is 1. The molecule has 2 aromatic heterocycles. The van der Waals surface area contributed by atoms with E-state index in [9.17, 15) is 13.2 Å². The average Bonchev–Trinajstić information content (AvgIpc) is 3.47. The summed E-state index contributed by atoms with van der Waals surface area (Å²) in [7, 11) is 0.596. The topological polar surface area (TPSA) is 104 Å². The second kappa shape index (κ2) is 9.23. The highest BCUT2D eigenvalue weighted by molar-refractivity contribution is 7.93. The molecule has 0 unspecified atom stereocenters. The number of hydrogen-bond acceptors (Lipinski definition) is 8. The summed E-state index contributed by atoms with van der Waals surface area (Å²) in [5.41, 5.74) is 0.233. The van der Waals surface area contributed by atoms with Gasteiger partial charge in [0, 0.05) is 12.1 Å². The molecule has 1 aromatic carbocycles. The van der Waals surface area contributed by atoms with Gasteiger partial charge in [-0.05, 0) is 35.7 Å². The lowest BCUT2D eigenvalue weighted by molar-refractivity contribution is 0.0952. The van der Waals surface area contributed by atoms with Gasteiger partial charge in [-0.25, -0.2) is 8.42 Å². The van der Waals surface area contributed by atoms with Crippen LogP contribution in [0, 0.1) is 0 Å². The number of amides is 1. The molecule has 0 bridgehead atoms. The molecule has 0 radical (unpaired) electrons. The highest BCUT2D eigenvalue weighted by Gasteiger charge is 2.33. The summed E-state index contributed by atoms with van der Waals surface area (Å²) < 4.78 is 47.5. The Morgan fingerprint density at radius 1 is 1.10 bits per heavy atom. The van der Waals surface area contributed by atoms with Gasteiger partial charge >= 0.3 is 0 Å². The lowest BCUT2D eigenvalue weighted by atomic mass is 10.1. The zero-order chi connectivity index (χ0) is 21.7. The van der Waals surface area contributed by atoms with Crippen LogP contribution in [0.3, 0.4) is 0 Å². The third-order valence-electron chi connectivity index (χ3n) is 4.39. The molecule has 0 fully saturated rings. The molecule has 1 amide bonds. The van der Waals surface area contributed by atoms with E-state index in [4.69, 9.17) is 18.6 Å². The first kappa shape index (κ1) is 21.7. The summed E-state index contributed by atoms with van der Waals surface area (Å²) in [5, 5.41) is 3.28. The Bertz CT molecular complexity index is 1070. The number of benzene rings is 1. The van der Waals surface area contributed by atoms with Crippen molar-refractivity contribution in [3.8, 4) is 17.2 Å². The molecule has 2 heterocycles. The first-order valence-electron chi connectivity index (χ1n) is 8.81. The van der Waals surface area contributed by atoms with Gasteiger partial charge in [-0.2, -0.15) is 0 Å². The van der Waals surface area contributed by atoms with Crippen molar-refractivity contribution < 1.29 is 31.8 Å². The maximum absolute atomic E-state index is 13.1. The molecular formula is C20H21NO7S2. The van der Waals surface area contributed by atoms with Crippen molar-refractivity contribution in [3.63, 3.8) is 0 Å². The number of rotatable bonds is 9. The number of hydrogen-bond donors (Lipinski definition) is 1. The summed E-state index contributed by atoms with van der Waals surface area (Å²) in [6, 6.07) is 9.34. The number of thiophene rings is 1. The molecule has 30 heavy (non-hydrogen) atoms. The number of furan rings is 1. The van der Waals surface area contributed by atoms with E-state index in [1.54, 1.807) is 23.6 Å². The fourth-order valence-electron chi connectivity index (χ4n) is 2.90. The molecule has 10 heteroatoms. The monoisotopic (exact) mass is 451 g/mol. The van der Waals surface area contributed by atoms with Crippen LogP contribution in [0.5, 0.6) is 17.2 Å². The molecule has 160 valence electrons. The SMILES string of the molecule is COc1cc(C(=O)NC[C@@H](c2ccco2)S(=O)(=O)c2cccs2)cc(OC)c1OC. The van der Waals surface area contributed by atoms with Crippen molar-refractivity contribution in [3.05, 3.63) is 59.4 Å². The summed E-state index contributed by atoms with van der Waals surface area (Å²) in [5.74, 6) is 0.734. The third kappa shape index (κ3) is 4.29. The van der Waals surface area contributed by atoms with E-state index in [0.717, 1.165) is 11.3 Å². The Balaban J connectivity index is 1.87. The van der Waals surface area contributed by atoms with Gasteiger partial charge in [0.2, 0.25) is 5.75 Å². The summed E-state index contributed by atoms with van der Waals surface area (Å²) in [6.07, 6.45) is 1.40. The van der Waals surface area contributed by atoms with E-state index in [1.165, 1.54) is 45.8 Å². The van der Waals surface area contributed by atoms with Crippen molar-refractivity contribution in [2.45, 2.75) is 9.46 Å². The molecule has 0 aliphatic heterocycles. The van der Waals surface area contributed by atoms with Crippen LogP contribution in [0.4, 0.5) is 0 Å². The van der Waals surface area contributed by atoms with Crippen molar-refractivity contribution >= 4 is 27.1 Å². The first-order valence-corrected chi connectivity index (χ1v) is 11.2. The van der Waals surface area contributed by atoms with Crippen LogP contribution in [0.1, 0.15) is 21.4 Å². The molecule has 0 spiro atoms. The smallest absolute Gasteiger partial charge is 0.251 e. The lowest BCUT2D eigenvalue weighted by Crippen LogP contribution is -2.31. The largest absolute Gasteiger partial charge is 0.493 e. The van der Waals surface area contributed by atoms with Crippen LogP contribution in [0.15, 0.2) is 56.7 Å². The minimum absolute atomic E-state index is 0.177. The fourth-order valence-corrected chi connectivity index (χ4v) is 5.69. The molecule has 0 aliphatic rings.